The number of halogens is 1. The molecule has 0 saturated carbocycles. The molecule has 0 amide bonds. The number of nitrogens with one attached hydrogen (secondary N) is 1. The minimum atomic E-state index is -0.679. The third-order valence-electron chi connectivity index (χ3n) is 3.62. The molecule has 1 aliphatic heterocycles. The molecule has 0 aliphatic carbocycles. The molecule has 9 heteroatoms. The van der Waals surface area contributed by atoms with Crippen molar-refractivity contribution in [3.63, 3.8) is 0 Å². The summed E-state index contributed by atoms with van der Waals surface area (Å²) in [5, 5.41) is 14.3. The van der Waals surface area contributed by atoms with Crippen LogP contribution in [0.4, 0.5) is 10.3 Å². The van der Waals surface area contributed by atoms with Gasteiger partial charge in [-0.3, -0.25) is 0 Å². The van der Waals surface area contributed by atoms with Crippen LogP contribution in [0.15, 0.2) is 35.5 Å². The van der Waals surface area contributed by atoms with Crippen molar-refractivity contribution >= 4 is 11.9 Å². The summed E-state index contributed by atoms with van der Waals surface area (Å²) in [6, 6.07) is 5.28. The fourth-order valence-corrected chi connectivity index (χ4v) is 2.56. The van der Waals surface area contributed by atoms with Gasteiger partial charge in [-0.05, 0) is 35.0 Å². The first-order chi connectivity index (χ1) is 11.6. The monoisotopic (exact) mass is 333 g/mol. The summed E-state index contributed by atoms with van der Waals surface area (Å²) in [6.07, 6.45) is 0. The fraction of sp³-hybridized carbons (Fsp3) is 0.333. The Hall–Kier alpha value is -2.81. The second-order valence-electron chi connectivity index (χ2n) is 5.20. The molecule has 3 rings (SSSR count). The molecule has 1 aliphatic rings. The maximum absolute atomic E-state index is 13.7. The number of anilines is 1. The van der Waals surface area contributed by atoms with E-state index in [1.54, 1.807) is 19.1 Å². The Morgan fingerprint density at radius 1 is 1.42 bits per heavy atom. The van der Waals surface area contributed by atoms with E-state index >= 15 is 0 Å². The van der Waals surface area contributed by atoms with E-state index < -0.39 is 17.8 Å². The van der Waals surface area contributed by atoms with Crippen molar-refractivity contribution in [3.8, 4) is 0 Å². The number of carbonyl (C=O) groups excluding carboxylic acids is 1. The molecule has 0 saturated heterocycles. The molecule has 8 nitrogen and oxygen atoms in total. The number of esters is 1. The van der Waals surface area contributed by atoms with Gasteiger partial charge in [0.15, 0.2) is 0 Å². The number of fused-ring (bicyclic) bond motifs is 1. The average Bonchev–Trinajstić information content (AvgIpc) is 3.01. The smallest absolute Gasteiger partial charge is 0.338 e. The third-order valence-corrected chi connectivity index (χ3v) is 3.62. The fourth-order valence-electron chi connectivity index (χ4n) is 2.56. The number of allylic oxidation sites excluding steroid dienone is 1. The topological polar surface area (TPSA) is 91.2 Å². The van der Waals surface area contributed by atoms with Crippen LogP contribution in [0.3, 0.4) is 0 Å². The number of carbonyl (C=O) groups is 1. The highest BCUT2D eigenvalue weighted by atomic mass is 19.1. The van der Waals surface area contributed by atoms with E-state index in [4.69, 9.17) is 9.47 Å². The Labute approximate surface area is 137 Å². The first-order valence-electron chi connectivity index (χ1n) is 7.29. The number of nitrogens with zero attached hydrogens (tertiary/aromatic N) is 4. The lowest BCUT2D eigenvalue weighted by Gasteiger charge is -2.27. The van der Waals surface area contributed by atoms with E-state index in [1.807, 2.05) is 0 Å². The molecule has 1 atom stereocenters. The van der Waals surface area contributed by atoms with Crippen LogP contribution >= 0.6 is 0 Å². The number of rotatable bonds is 5. The number of hydrogen-bond donors (Lipinski definition) is 1. The lowest BCUT2D eigenvalue weighted by molar-refractivity contribution is -0.140. The van der Waals surface area contributed by atoms with E-state index in [1.165, 1.54) is 23.9 Å². The van der Waals surface area contributed by atoms with Crippen LogP contribution < -0.4 is 5.32 Å². The Morgan fingerprint density at radius 2 is 2.25 bits per heavy atom. The van der Waals surface area contributed by atoms with Crippen molar-refractivity contribution in [1.29, 1.82) is 0 Å². The number of hydrogen-bond acceptors (Lipinski definition) is 7. The molecular formula is C15H16FN5O3. The normalized spacial score (nSPS) is 16.5. The quantitative estimate of drug-likeness (QED) is 0.651. The molecular weight excluding hydrogens is 317 g/mol. The van der Waals surface area contributed by atoms with Gasteiger partial charge in [-0.15, -0.1) is 0 Å². The van der Waals surface area contributed by atoms with E-state index in [9.17, 15) is 9.18 Å². The third kappa shape index (κ3) is 2.98. The van der Waals surface area contributed by atoms with Gasteiger partial charge < -0.3 is 14.8 Å². The maximum Gasteiger partial charge on any atom is 0.338 e. The second kappa shape index (κ2) is 6.75. The number of tetrazole rings is 1. The van der Waals surface area contributed by atoms with E-state index in [0.717, 1.165) is 0 Å². The lowest BCUT2D eigenvalue weighted by atomic mass is 9.96. The number of benzene rings is 1. The van der Waals surface area contributed by atoms with Crippen LogP contribution in [-0.4, -0.2) is 46.5 Å². The number of ether oxygens (including phenoxy) is 2. The van der Waals surface area contributed by atoms with Crippen LogP contribution in [0.5, 0.6) is 0 Å². The van der Waals surface area contributed by atoms with Gasteiger partial charge in [0, 0.05) is 12.8 Å². The van der Waals surface area contributed by atoms with Crippen LogP contribution in [0.1, 0.15) is 18.5 Å². The predicted molar refractivity (Wildman–Crippen MR) is 81.5 cm³/mol. The van der Waals surface area contributed by atoms with Gasteiger partial charge in [0.25, 0.3) is 0 Å². The van der Waals surface area contributed by atoms with Crippen molar-refractivity contribution in [2.45, 2.75) is 13.0 Å². The Balaban J connectivity index is 2.02. The van der Waals surface area contributed by atoms with Crippen molar-refractivity contribution < 1.29 is 18.7 Å². The summed E-state index contributed by atoms with van der Waals surface area (Å²) in [6.45, 7) is 2.12. The molecule has 1 unspecified atom stereocenters. The van der Waals surface area contributed by atoms with Crippen molar-refractivity contribution in [3.05, 3.63) is 46.9 Å². The molecule has 2 aromatic rings. The SMILES string of the molecule is COCCOC(=O)C1=C(C)Nc2nnnn2C1c1cccc(F)c1. The summed E-state index contributed by atoms with van der Waals surface area (Å²) in [4.78, 5) is 12.5. The minimum Gasteiger partial charge on any atom is -0.460 e. The molecule has 0 fully saturated rings. The zero-order valence-corrected chi connectivity index (χ0v) is 13.2. The number of methoxy groups -OCH3 is 1. The first-order valence-corrected chi connectivity index (χ1v) is 7.29. The van der Waals surface area contributed by atoms with Gasteiger partial charge in [-0.2, -0.15) is 4.68 Å². The standard InChI is InChI=1S/C15H16FN5O3/c1-9-12(14(22)24-7-6-23-2)13(10-4-3-5-11(16)8-10)21-15(17-9)18-19-20-21/h3-5,8,13H,6-7H2,1-2H3,(H,17,18,20). The van der Waals surface area contributed by atoms with Crippen LogP contribution in [0, 0.1) is 5.82 Å². The summed E-state index contributed by atoms with van der Waals surface area (Å²) in [5.74, 6) is -0.576. The van der Waals surface area contributed by atoms with Crippen LogP contribution in [0.2, 0.25) is 0 Å². The Kier molecular flexibility index (Phi) is 4.52. The minimum absolute atomic E-state index is 0.116. The van der Waals surface area contributed by atoms with Gasteiger partial charge in [0.2, 0.25) is 5.95 Å². The van der Waals surface area contributed by atoms with E-state index in [2.05, 4.69) is 20.8 Å². The molecule has 1 aromatic heterocycles. The molecule has 1 aromatic carbocycles. The van der Waals surface area contributed by atoms with Gasteiger partial charge in [0.05, 0.1) is 12.2 Å². The highest BCUT2D eigenvalue weighted by Gasteiger charge is 2.35. The first kappa shape index (κ1) is 16.1. The summed E-state index contributed by atoms with van der Waals surface area (Å²) in [7, 11) is 1.52. The van der Waals surface area contributed by atoms with Crippen LogP contribution in [0.25, 0.3) is 0 Å². The highest BCUT2D eigenvalue weighted by Crippen LogP contribution is 2.34. The summed E-state index contributed by atoms with van der Waals surface area (Å²) in [5.41, 5.74) is 1.41. The Morgan fingerprint density at radius 3 is 3.00 bits per heavy atom. The molecule has 1 N–H and O–H groups in total. The second-order valence-corrected chi connectivity index (χ2v) is 5.20. The zero-order valence-electron chi connectivity index (χ0n) is 13.2. The van der Waals surface area contributed by atoms with E-state index in [0.29, 0.717) is 22.8 Å². The van der Waals surface area contributed by atoms with Gasteiger partial charge in [-0.25, -0.2) is 9.18 Å². The zero-order chi connectivity index (χ0) is 17.1. The van der Waals surface area contributed by atoms with Crippen molar-refractivity contribution in [2.24, 2.45) is 0 Å². The van der Waals surface area contributed by atoms with Gasteiger partial charge in [0.1, 0.15) is 18.5 Å². The average molecular weight is 333 g/mol. The molecule has 2 heterocycles. The van der Waals surface area contributed by atoms with Gasteiger partial charge in [-0.1, -0.05) is 17.2 Å². The molecule has 0 bridgehead atoms. The lowest BCUT2D eigenvalue weighted by Crippen LogP contribution is -2.30. The number of aromatic nitrogens is 4. The molecule has 24 heavy (non-hydrogen) atoms. The molecule has 126 valence electrons. The van der Waals surface area contributed by atoms with Crippen molar-refractivity contribution in [1.82, 2.24) is 20.2 Å². The largest absolute Gasteiger partial charge is 0.460 e. The Bertz CT molecular complexity index is 789. The predicted octanol–water partition coefficient (Wildman–Crippen LogP) is 1.29. The summed E-state index contributed by atoms with van der Waals surface area (Å²) >= 11 is 0. The van der Waals surface area contributed by atoms with Gasteiger partial charge >= 0.3 is 5.97 Å². The highest BCUT2D eigenvalue weighted by molar-refractivity contribution is 5.92. The summed E-state index contributed by atoms with van der Waals surface area (Å²) < 4.78 is 25.2. The maximum atomic E-state index is 13.7. The molecule has 0 spiro atoms. The van der Waals surface area contributed by atoms with Crippen molar-refractivity contribution in [2.75, 3.05) is 25.6 Å². The molecule has 0 radical (unpaired) electrons. The van der Waals surface area contributed by atoms with E-state index in [-0.39, 0.29) is 13.2 Å². The van der Waals surface area contributed by atoms with Crippen LogP contribution in [-0.2, 0) is 14.3 Å².